The van der Waals surface area contributed by atoms with Crippen molar-refractivity contribution in [3.05, 3.63) is 35.9 Å². The smallest absolute Gasteiger partial charge is 0.227 e. The third-order valence-electron chi connectivity index (χ3n) is 4.71. The van der Waals surface area contributed by atoms with Crippen LogP contribution in [0.2, 0.25) is 0 Å². The van der Waals surface area contributed by atoms with Gasteiger partial charge in [0.15, 0.2) is 0 Å². The zero-order valence-electron chi connectivity index (χ0n) is 18.4. The van der Waals surface area contributed by atoms with Crippen LogP contribution in [0.5, 0.6) is 0 Å². The predicted octanol–water partition coefficient (Wildman–Crippen LogP) is 3.75. The van der Waals surface area contributed by atoms with E-state index in [1.165, 1.54) is 0 Å². The molecule has 0 aliphatic heterocycles. The van der Waals surface area contributed by atoms with Crippen LogP contribution in [-0.4, -0.2) is 38.1 Å². The maximum atomic E-state index is 12.8. The fraction of sp³-hybridized carbons (Fsp3) is 0.652. The standard InChI is InChI=1S/C23H38N2O3/c1-7-20(26)24-13-18(4)14-28-16-23(5,6)15-25-22(27)21(17(2)3)19-11-9-8-10-12-19/h8-12,17-18,21H,7,13-16H2,1-6H3,(H,24,26)(H,25,27). The summed E-state index contributed by atoms with van der Waals surface area (Å²) in [6, 6.07) is 9.93. The maximum Gasteiger partial charge on any atom is 0.227 e. The molecule has 28 heavy (non-hydrogen) atoms. The summed E-state index contributed by atoms with van der Waals surface area (Å²) >= 11 is 0. The third kappa shape index (κ3) is 8.87. The molecule has 1 aromatic carbocycles. The lowest BCUT2D eigenvalue weighted by Gasteiger charge is -2.28. The van der Waals surface area contributed by atoms with E-state index in [2.05, 4.69) is 45.3 Å². The third-order valence-corrected chi connectivity index (χ3v) is 4.71. The van der Waals surface area contributed by atoms with Crippen molar-refractivity contribution in [2.24, 2.45) is 17.3 Å². The van der Waals surface area contributed by atoms with Gasteiger partial charge in [-0.25, -0.2) is 0 Å². The van der Waals surface area contributed by atoms with Crippen molar-refractivity contribution in [2.75, 3.05) is 26.3 Å². The van der Waals surface area contributed by atoms with Crippen molar-refractivity contribution in [1.29, 1.82) is 0 Å². The van der Waals surface area contributed by atoms with Gasteiger partial charge in [0, 0.05) is 24.9 Å². The number of benzene rings is 1. The number of carbonyl (C=O) groups is 2. The van der Waals surface area contributed by atoms with Crippen LogP contribution in [0.25, 0.3) is 0 Å². The molecule has 1 rings (SSSR count). The van der Waals surface area contributed by atoms with E-state index >= 15 is 0 Å². The lowest BCUT2D eigenvalue weighted by atomic mass is 9.87. The molecule has 0 spiro atoms. The largest absolute Gasteiger partial charge is 0.380 e. The molecular formula is C23H38N2O3. The van der Waals surface area contributed by atoms with Crippen LogP contribution < -0.4 is 10.6 Å². The molecule has 2 amide bonds. The highest BCUT2D eigenvalue weighted by Crippen LogP contribution is 2.25. The first-order chi connectivity index (χ1) is 13.2. The van der Waals surface area contributed by atoms with Crippen molar-refractivity contribution in [2.45, 2.75) is 53.9 Å². The Morgan fingerprint density at radius 2 is 1.71 bits per heavy atom. The van der Waals surface area contributed by atoms with E-state index in [9.17, 15) is 9.59 Å². The summed E-state index contributed by atoms with van der Waals surface area (Å²) in [5, 5.41) is 6.00. The molecule has 0 fully saturated rings. The second-order valence-electron chi connectivity index (χ2n) is 8.79. The minimum absolute atomic E-state index is 0.0601. The number of hydrogen-bond donors (Lipinski definition) is 2. The first-order valence-electron chi connectivity index (χ1n) is 10.3. The van der Waals surface area contributed by atoms with E-state index in [0.717, 1.165) is 5.56 Å². The molecule has 0 radical (unpaired) electrons. The number of ether oxygens (including phenoxy) is 1. The molecule has 2 N–H and O–H groups in total. The second kappa shape index (κ2) is 11.8. The Balaban J connectivity index is 2.44. The predicted molar refractivity (Wildman–Crippen MR) is 114 cm³/mol. The molecule has 0 aromatic heterocycles. The molecule has 0 aliphatic rings. The Hall–Kier alpha value is -1.88. The monoisotopic (exact) mass is 390 g/mol. The molecule has 0 bridgehead atoms. The van der Waals surface area contributed by atoms with Crippen molar-refractivity contribution in [1.82, 2.24) is 10.6 Å². The van der Waals surface area contributed by atoms with Gasteiger partial charge in [-0.1, -0.05) is 71.9 Å². The first-order valence-corrected chi connectivity index (χ1v) is 10.3. The van der Waals surface area contributed by atoms with Gasteiger partial charge in [0.2, 0.25) is 11.8 Å². The van der Waals surface area contributed by atoms with E-state index in [-0.39, 0.29) is 35.0 Å². The highest BCUT2D eigenvalue weighted by atomic mass is 16.5. The Kier molecular flexibility index (Phi) is 10.2. The molecule has 5 heteroatoms. The molecule has 158 valence electrons. The van der Waals surface area contributed by atoms with Gasteiger partial charge in [0.1, 0.15) is 0 Å². The number of hydrogen-bond acceptors (Lipinski definition) is 3. The van der Waals surface area contributed by atoms with Gasteiger partial charge in [-0.05, 0) is 17.4 Å². The van der Waals surface area contributed by atoms with Gasteiger partial charge in [0.05, 0.1) is 19.1 Å². The van der Waals surface area contributed by atoms with Crippen LogP contribution in [0.1, 0.15) is 59.4 Å². The number of rotatable bonds is 12. The molecule has 2 unspecified atom stereocenters. The Bertz CT molecular complexity index is 599. The number of nitrogens with one attached hydrogen (secondary N) is 2. The Morgan fingerprint density at radius 1 is 1.07 bits per heavy atom. The molecule has 1 aromatic rings. The summed E-state index contributed by atoms with van der Waals surface area (Å²) in [5.41, 5.74) is 0.882. The van der Waals surface area contributed by atoms with Gasteiger partial charge in [-0.2, -0.15) is 0 Å². The summed E-state index contributed by atoms with van der Waals surface area (Å²) in [6.07, 6.45) is 0.501. The highest BCUT2D eigenvalue weighted by molar-refractivity contribution is 5.83. The van der Waals surface area contributed by atoms with Crippen LogP contribution in [0.3, 0.4) is 0 Å². The lowest BCUT2D eigenvalue weighted by Crippen LogP contribution is -2.40. The van der Waals surface area contributed by atoms with Crippen molar-refractivity contribution in [3.8, 4) is 0 Å². The Morgan fingerprint density at radius 3 is 2.29 bits per heavy atom. The van der Waals surface area contributed by atoms with E-state index in [0.29, 0.717) is 32.7 Å². The quantitative estimate of drug-likeness (QED) is 0.571. The molecule has 2 atom stereocenters. The first kappa shape index (κ1) is 24.2. The lowest BCUT2D eigenvalue weighted by molar-refractivity contribution is -0.124. The van der Waals surface area contributed by atoms with Crippen LogP contribution in [0, 0.1) is 17.3 Å². The van der Waals surface area contributed by atoms with Gasteiger partial charge in [-0.15, -0.1) is 0 Å². The molecule has 0 saturated heterocycles. The van der Waals surface area contributed by atoms with Gasteiger partial charge >= 0.3 is 0 Å². The summed E-state index contributed by atoms with van der Waals surface area (Å²) in [4.78, 5) is 24.1. The average molecular weight is 391 g/mol. The summed E-state index contributed by atoms with van der Waals surface area (Å²) in [5.74, 6) is 0.447. The van der Waals surface area contributed by atoms with E-state index in [1.54, 1.807) is 0 Å². The molecule has 0 aliphatic carbocycles. The molecular weight excluding hydrogens is 352 g/mol. The normalized spacial score (nSPS) is 13.8. The van der Waals surface area contributed by atoms with Gasteiger partial charge in [0.25, 0.3) is 0 Å². The zero-order chi connectivity index (χ0) is 21.2. The van der Waals surface area contributed by atoms with E-state index in [1.807, 2.05) is 37.3 Å². The average Bonchev–Trinajstić information content (AvgIpc) is 2.65. The van der Waals surface area contributed by atoms with Gasteiger partial charge < -0.3 is 15.4 Å². The fourth-order valence-corrected chi connectivity index (χ4v) is 3.00. The van der Waals surface area contributed by atoms with Crippen molar-refractivity contribution < 1.29 is 14.3 Å². The van der Waals surface area contributed by atoms with Crippen LogP contribution in [0.4, 0.5) is 0 Å². The maximum absolute atomic E-state index is 12.8. The van der Waals surface area contributed by atoms with Crippen molar-refractivity contribution >= 4 is 11.8 Å². The minimum atomic E-state index is -0.166. The van der Waals surface area contributed by atoms with Crippen LogP contribution >= 0.6 is 0 Å². The second-order valence-corrected chi connectivity index (χ2v) is 8.79. The fourth-order valence-electron chi connectivity index (χ4n) is 3.00. The summed E-state index contributed by atoms with van der Waals surface area (Å²) in [7, 11) is 0. The topological polar surface area (TPSA) is 67.4 Å². The van der Waals surface area contributed by atoms with Crippen LogP contribution in [0.15, 0.2) is 30.3 Å². The zero-order valence-corrected chi connectivity index (χ0v) is 18.4. The van der Waals surface area contributed by atoms with E-state index < -0.39 is 0 Å². The molecule has 0 saturated carbocycles. The summed E-state index contributed by atoms with van der Waals surface area (Å²) in [6.45, 7) is 14.5. The number of amides is 2. The molecule has 0 heterocycles. The minimum Gasteiger partial charge on any atom is -0.380 e. The van der Waals surface area contributed by atoms with E-state index in [4.69, 9.17) is 4.74 Å². The highest BCUT2D eigenvalue weighted by Gasteiger charge is 2.26. The van der Waals surface area contributed by atoms with Crippen LogP contribution in [-0.2, 0) is 14.3 Å². The van der Waals surface area contributed by atoms with Gasteiger partial charge in [-0.3, -0.25) is 9.59 Å². The Labute approximate surface area is 170 Å². The summed E-state index contributed by atoms with van der Waals surface area (Å²) < 4.78 is 5.85. The number of carbonyl (C=O) groups excluding carboxylic acids is 2. The molecule has 5 nitrogen and oxygen atoms in total. The van der Waals surface area contributed by atoms with Crippen molar-refractivity contribution in [3.63, 3.8) is 0 Å². The SMILES string of the molecule is CCC(=O)NCC(C)COCC(C)(C)CNC(=O)C(c1ccccc1)C(C)C.